The van der Waals surface area contributed by atoms with Crippen molar-refractivity contribution in [3.63, 3.8) is 0 Å². The van der Waals surface area contributed by atoms with Gasteiger partial charge < -0.3 is 5.32 Å². The Morgan fingerprint density at radius 2 is 2.16 bits per heavy atom. The van der Waals surface area contributed by atoms with Gasteiger partial charge in [-0.3, -0.25) is 0 Å². The molecule has 1 aromatic carbocycles. The first-order valence-corrected chi connectivity index (χ1v) is 8.21. The summed E-state index contributed by atoms with van der Waals surface area (Å²) in [4.78, 5) is 4.46. The van der Waals surface area contributed by atoms with Crippen LogP contribution in [0.2, 0.25) is 5.02 Å². The van der Waals surface area contributed by atoms with Crippen LogP contribution < -0.4 is 5.32 Å². The lowest BCUT2D eigenvalue weighted by molar-refractivity contribution is 0.253. The number of nitrogens with zero attached hydrogens (tertiary/aromatic N) is 1. The highest BCUT2D eigenvalue weighted by molar-refractivity contribution is 7.16. The van der Waals surface area contributed by atoms with Crippen molar-refractivity contribution in [2.24, 2.45) is 11.8 Å². The van der Waals surface area contributed by atoms with Gasteiger partial charge in [-0.2, -0.15) is 0 Å². The number of hydrogen-bond donors (Lipinski definition) is 1. The van der Waals surface area contributed by atoms with Crippen molar-refractivity contribution in [2.45, 2.75) is 39.2 Å². The Hall–Kier alpha value is -0.800. The van der Waals surface area contributed by atoms with Gasteiger partial charge in [0, 0.05) is 6.04 Å². The third-order valence-corrected chi connectivity index (χ3v) is 5.60. The van der Waals surface area contributed by atoms with Crippen LogP contribution in [0.15, 0.2) is 17.6 Å². The number of aromatic nitrogens is 1. The second-order valence-electron chi connectivity index (χ2n) is 5.64. The summed E-state index contributed by atoms with van der Waals surface area (Å²) in [5, 5.41) is 4.45. The number of nitrogens with one attached hydrogen (secondary N) is 1. The van der Waals surface area contributed by atoms with Crippen molar-refractivity contribution < 1.29 is 0 Å². The van der Waals surface area contributed by atoms with Crippen molar-refractivity contribution in [2.75, 3.05) is 5.32 Å². The number of benzene rings is 1. The smallest absolute Gasteiger partial charge is 0.106 e. The molecule has 1 aromatic heterocycles. The minimum absolute atomic E-state index is 0.508. The fraction of sp³-hybridized carbons (Fsp3) is 0.533. The maximum Gasteiger partial charge on any atom is 0.106 e. The van der Waals surface area contributed by atoms with Crippen LogP contribution in [-0.4, -0.2) is 11.0 Å². The lowest BCUT2D eigenvalue weighted by atomic mass is 9.78. The standard InChI is InChI=1S/C15H19ClN2S/c1-9-4-3-5-12(10(9)2)18-14-11(16)6-7-13-15(14)17-8-19-13/h6-10,12,18H,3-5H2,1-2H3. The molecule has 1 fully saturated rings. The summed E-state index contributed by atoms with van der Waals surface area (Å²) < 4.78 is 1.20. The van der Waals surface area contributed by atoms with Crippen LogP contribution in [0.25, 0.3) is 10.2 Å². The van der Waals surface area contributed by atoms with Crippen LogP contribution in [-0.2, 0) is 0 Å². The molecule has 0 radical (unpaired) electrons. The number of rotatable bonds is 2. The van der Waals surface area contributed by atoms with E-state index in [4.69, 9.17) is 11.6 Å². The second kappa shape index (κ2) is 5.29. The lowest BCUT2D eigenvalue weighted by Crippen LogP contribution is -2.35. The molecule has 4 heteroatoms. The van der Waals surface area contributed by atoms with E-state index in [9.17, 15) is 0 Å². The molecule has 19 heavy (non-hydrogen) atoms. The van der Waals surface area contributed by atoms with E-state index in [0.717, 1.165) is 22.1 Å². The zero-order chi connectivity index (χ0) is 13.4. The minimum atomic E-state index is 0.508. The Morgan fingerprint density at radius 3 is 3.00 bits per heavy atom. The van der Waals surface area contributed by atoms with Crippen LogP contribution in [0.4, 0.5) is 5.69 Å². The van der Waals surface area contributed by atoms with Gasteiger partial charge >= 0.3 is 0 Å². The molecule has 0 aliphatic heterocycles. The molecule has 1 aliphatic carbocycles. The highest BCUT2D eigenvalue weighted by atomic mass is 35.5. The molecule has 1 N–H and O–H groups in total. The maximum atomic E-state index is 6.37. The molecule has 0 bridgehead atoms. The first-order chi connectivity index (χ1) is 9.16. The van der Waals surface area contributed by atoms with Crippen molar-refractivity contribution in [1.82, 2.24) is 4.98 Å². The molecule has 2 nitrogen and oxygen atoms in total. The van der Waals surface area contributed by atoms with Crippen LogP contribution in [0.3, 0.4) is 0 Å². The fourth-order valence-corrected chi connectivity index (χ4v) is 3.91. The Balaban J connectivity index is 1.92. The molecule has 0 saturated heterocycles. The van der Waals surface area contributed by atoms with E-state index in [1.54, 1.807) is 11.3 Å². The Bertz CT molecular complexity index is 581. The summed E-state index contributed by atoms with van der Waals surface area (Å²) in [7, 11) is 0. The molecule has 2 aromatic rings. The molecule has 3 rings (SSSR count). The van der Waals surface area contributed by atoms with Gasteiger partial charge in [-0.25, -0.2) is 4.98 Å². The fourth-order valence-electron chi connectivity index (χ4n) is 3.01. The lowest BCUT2D eigenvalue weighted by Gasteiger charge is -2.35. The van der Waals surface area contributed by atoms with Crippen LogP contribution in [0.1, 0.15) is 33.1 Å². The predicted molar refractivity (Wildman–Crippen MR) is 84.2 cm³/mol. The van der Waals surface area contributed by atoms with Gasteiger partial charge in [0.15, 0.2) is 0 Å². The second-order valence-corrected chi connectivity index (χ2v) is 6.93. The van der Waals surface area contributed by atoms with E-state index in [1.165, 1.54) is 24.0 Å². The quantitative estimate of drug-likeness (QED) is 0.825. The van der Waals surface area contributed by atoms with Crippen molar-refractivity contribution in [3.8, 4) is 0 Å². The van der Waals surface area contributed by atoms with Gasteiger partial charge in [0.05, 0.1) is 20.9 Å². The van der Waals surface area contributed by atoms with Gasteiger partial charge in [-0.05, 0) is 30.4 Å². The topological polar surface area (TPSA) is 24.9 Å². The third kappa shape index (κ3) is 2.46. The van der Waals surface area contributed by atoms with Crippen molar-refractivity contribution in [3.05, 3.63) is 22.7 Å². The highest BCUT2D eigenvalue weighted by Crippen LogP contribution is 2.37. The Morgan fingerprint density at radius 1 is 1.32 bits per heavy atom. The largest absolute Gasteiger partial charge is 0.379 e. The first-order valence-electron chi connectivity index (χ1n) is 6.95. The molecule has 1 heterocycles. The van der Waals surface area contributed by atoms with Crippen LogP contribution in [0, 0.1) is 11.8 Å². The maximum absolute atomic E-state index is 6.37. The SMILES string of the molecule is CC1CCCC(Nc2c(Cl)ccc3scnc23)C1C. The van der Waals surface area contributed by atoms with E-state index in [-0.39, 0.29) is 0 Å². The molecular weight excluding hydrogens is 276 g/mol. The zero-order valence-electron chi connectivity index (χ0n) is 11.3. The van der Waals surface area contributed by atoms with Crippen LogP contribution >= 0.6 is 22.9 Å². The average molecular weight is 295 g/mol. The summed E-state index contributed by atoms with van der Waals surface area (Å²) in [6, 6.07) is 4.53. The van der Waals surface area contributed by atoms with Gasteiger partial charge in [0.1, 0.15) is 5.52 Å². The summed E-state index contributed by atoms with van der Waals surface area (Å²) in [6.07, 6.45) is 3.87. The summed E-state index contributed by atoms with van der Waals surface area (Å²) >= 11 is 8.03. The average Bonchev–Trinajstić information content (AvgIpc) is 2.86. The molecule has 0 amide bonds. The number of hydrogen-bond acceptors (Lipinski definition) is 3. The molecule has 1 aliphatic rings. The summed E-state index contributed by atoms with van der Waals surface area (Å²) in [5.41, 5.74) is 3.92. The van der Waals surface area contributed by atoms with Crippen molar-refractivity contribution in [1.29, 1.82) is 0 Å². The van der Waals surface area contributed by atoms with E-state index in [2.05, 4.69) is 24.1 Å². The van der Waals surface area contributed by atoms with E-state index < -0.39 is 0 Å². The molecule has 0 spiro atoms. The van der Waals surface area contributed by atoms with Gasteiger partial charge in [0.25, 0.3) is 0 Å². The van der Waals surface area contributed by atoms with Gasteiger partial charge in [-0.15, -0.1) is 11.3 Å². The number of anilines is 1. The first kappa shape index (κ1) is 13.2. The Kier molecular flexibility index (Phi) is 3.68. The highest BCUT2D eigenvalue weighted by Gasteiger charge is 2.27. The van der Waals surface area contributed by atoms with E-state index in [0.29, 0.717) is 12.0 Å². The summed E-state index contributed by atoms with van der Waals surface area (Å²) in [6.45, 7) is 4.69. The minimum Gasteiger partial charge on any atom is -0.379 e. The van der Waals surface area contributed by atoms with E-state index in [1.807, 2.05) is 17.6 Å². The monoisotopic (exact) mass is 294 g/mol. The molecule has 3 unspecified atom stereocenters. The normalized spacial score (nSPS) is 27.6. The molecule has 102 valence electrons. The Labute approximate surface area is 123 Å². The molecular formula is C15H19ClN2S. The predicted octanol–water partition coefficient (Wildman–Crippen LogP) is 5.19. The van der Waals surface area contributed by atoms with Crippen molar-refractivity contribution >= 4 is 38.8 Å². The molecule has 1 saturated carbocycles. The van der Waals surface area contributed by atoms with E-state index >= 15 is 0 Å². The molecule has 3 atom stereocenters. The van der Waals surface area contributed by atoms with Crippen LogP contribution in [0.5, 0.6) is 0 Å². The summed E-state index contributed by atoms with van der Waals surface area (Å²) in [5.74, 6) is 1.46. The van der Waals surface area contributed by atoms with Gasteiger partial charge in [0.2, 0.25) is 0 Å². The third-order valence-electron chi connectivity index (χ3n) is 4.49. The number of thiazole rings is 1. The zero-order valence-corrected chi connectivity index (χ0v) is 12.9. The number of fused-ring (bicyclic) bond motifs is 1. The van der Waals surface area contributed by atoms with Gasteiger partial charge in [-0.1, -0.05) is 38.3 Å². The number of halogens is 1.